The number of nitrogens with two attached hydrogens (primary N) is 1. The number of imide groups is 1. The summed E-state index contributed by atoms with van der Waals surface area (Å²) in [6.45, 7) is 8.44. The lowest BCUT2D eigenvalue weighted by atomic mass is 10.0. The zero-order valence-electron chi connectivity index (χ0n) is 31.7. The van der Waals surface area contributed by atoms with Crippen molar-refractivity contribution < 1.29 is 38.1 Å². The van der Waals surface area contributed by atoms with Crippen LogP contribution in [-0.4, -0.2) is 89.1 Å². The zero-order valence-corrected chi connectivity index (χ0v) is 31.7. The predicted octanol–water partition coefficient (Wildman–Crippen LogP) is 3.16. The second kappa shape index (κ2) is 19.1. The number of piperidine rings is 1. The molecule has 288 valence electrons. The Morgan fingerprint density at radius 2 is 1.65 bits per heavy atom. The Morgan fingerprint density at radius 3 is 2.30 bits per heavy atom. The number of carbonyl (C=O) groups is 4. The molecule has 0 radical (unpaired) electrons. The number of imidazole rings is 1. The van der Waals surface area contributed by atoms with Crippen molar-refractivity contribution >= 4 is 34.8 Å². The smallest absolute Gasteiger partial charge is 0.407 e. The number of rotatable bonds is 14. The number of likely N-dealkylation sites (N-methyl/N-ethyl adjacent to an activating group) is 1. The van der Waals surface area contributed by atoms with Crippen LogP contribution in [0.15, 0.2) is 47.3 Å². The summed E-state index contributed by atoms with van der Waals surface area (Å²) in [5, 5.41) is 2.79. The normalized spacial score (nSPS) is 15.5. The number of fused-ring (bicyclic) bond motifs is 1. The van der Waals surface area contributed by atoms with Crippen molar-refractivity contribution in [3.05, 3.63) is 69.6 Å². The topological polar surface area (TPSA) is 173 Å². The van der Waals surface area contributed by atoms with Gasteiger partial charge in [0.15, 0.2) is 0 Å². The molecule has 14 nitrogen and oxygen atoms in total. The molecule has 1 saturated heterocycles. The number of carbonyl (C=O) groups excluding carboxylic acids is 4. The third kappa shape index (κ3) is 11.5. The summed E-state index contributed by atoms with van der Waals surface area (Å²) in [6, 6.07) is 11.7. The van der Waals surface area contributed by atoms with Gasteiger partial charge in [0.1, 0.15) is 24.9 Å². The lowest BCUT2D eigenvalue weighted by Crippen LogP contribution is -2.45. The number of ether oxygens (including phenoxy) is 4. The second-order valence-corrected chi connectivity index (χ2v) is 13.9. The number of aryl methyl sites for hydroxylation is 1. The van der Waals surface area contributed by atoms with Crippen LogP contribution in [0.2, 0.25) is 0 Å². The summed E-state index contributed by atoms with van der Waals surface area (Å²) in [5.74, 6) is 11.0. The molecule has 4 amide bonds. The molecule has 3 atom stereocenters. The van der Waals surface area contributed by atoms with Crippen LogP contribution in [0.5, 0.6) is 0 Å². The van der Waals surface area contributed by atoms with Crippen molar-refractivity contribution in [2.75, 3.05) is 33.5 Å². The standard InChI is InChI=1S/C40H49N5O9/c1-27(31(18-20-34(41)46)42-38(49)54-40(2,3)4)53-26-29-16-14-28(15-17-29)10-8-22-51-24-25-52-23-9-12-30-11-7-13-32-36(30)44(6)39(50)45(32)33-19-21-35(47)43(5)37(33)48/h7,11,13-17,27,31,33H,18-26H2,1-6H3,(H2,41,46)(H,42,49)/t27-,31+,33?/m1/s1. The second-order valence-electron chi connectivity index (χ2n) is 13.9. The zero-order chi connectivity index (χ0) is 39.4. The molecule has 1 fully saturated rings. The molecule has 2 aromatic carbocycles. The molecular weight excluding hydrogens is 694 g/mol. The number of likely N-dealkylation sites (tertiary alicyclic amines) is 1. The molecule has 1 unspecified atom stereocenters. The Labute approximate surface area is 315 Å². The van der Waals surface area contributed by atoms with E-state index in [2.05, 4.69) is 29.0 Å². The van der Waals surface area contributed by atoms with Crippen LogP contribution in [0.3, 0.4) is 0 Å². The van der Waals surface area contributed by atoms with Crippen LogP contribution < -0.4 is 16.7 Å². The SMILES string of the molecule is C[C@@H](OCc1ccc(C#CCOCCOCC#Cc2cccc3c2n(C)c(=O)n3C2CCC(=O)N(C)C2=O)cc1)[C@H](CCC(N)=O)NC(=O)OC(C)(C)C. The molecule has 2 heterocycles. The fraction of sp³-hybridized carbons (Fsp3) is 0.475. The van der Waals surface area contributed by atoms with E-state index in [0.717, 1.165) is 16.0 Å². The first kappa shape index (κ1) is 41.3. The van der Waals surface area contributed by atoms with E-state index in [1.165, 1.54) is 16.2 Å². The fourth-order valence-corrected chi connectivity index (χ4v) is 5.82. The highest BCUT2D eigenvalue weighted by atomic mass is 16.6. The fourth-order valence-electron chi connectivity index (χ4n) is 5.82. The molecule has 0 saturated carbocycles. The average molecular weight is 744 g/mol. The molecule has 3 N–H and O–H groups in total. The number of aromatic nitrogens is 2. The number of benzene rings is 2. The first-order chi connectivity index (χ1) is 25.7. The van der Waals surface area contributed by atoms with E-state index >= 15 is 0 Å². The lowest BCUT2D eigenvalue weighted by molar-refractivity contribution is -0.149. The molecule has 0 bridgehead atoms. The number of para-hydroxylation sites is 1. The van der Waals surface area contributed by atoms with E-state index in [0.29, 0.717) is 42.8 Å². The van der Waals surface area contributed by atoms with Gasteiger partial charge in [-0.15, -0.1) is 0 Å². The number of hydrogen-bond acceptors (Lipinski definition) is 9. The van der Waals surface area contributed by atoms with Gasteiger partial charge in [0, 0.05) is 32.5 Å². The van der Waals surface area contributed by atoms with Gasteiger partial charge in [-0.1, -0.05) is 41.9 Å². The highest BCUT2D eigenvalue weighted by Gasteiger charge is 2.35. The van der Waals surface area contributed by atoms with Crippen molar-refractivity contribution in [1.29, 1.82) is 0 Å². The number of amides is 4. The van der Waals surface area contributed by atoms with Gasteiger partial charge in [-0.05, 0) is 70.4 Å². The number of hydrogen-bond donors (Lipinski definition) is 2. The molecule has 1 aromatic heterocycles. The molecular formula is C40H49N5O9. The monoisotopic (exact) mass is 743 g/mol. The third-order valence-electron chi connectivity index (χ3n) is 8.65. The van der Waals surface area contributed by atoms with E-state index < -0.39 is 41.7 Å². The van der Waals surface area contributed by atoms with Crippen molar-refractivity contribution in [2.24, 2.45) is 12.8 Å². The maximum atomic E-state index is 13.2. The largest absolute Gasteiger partial charge is 0.444 e. The molecule has 1 aliphatic rings. The van der Waals surface area contributed by atoms with Gasteiger partial charge >= 0.3 is 11.8 Å². The van der Waals surface area contributed by atoms with Gasteiger partial charge in [0.2, 0.25) is 11.8 Å². The van der Waals surface area contributed by atoms with E-state index in [9.17, 15) is 24.0 Å². The Morgan fingerprint density at radius 1 is 0.981 bits per heavy atom. The minimum Gasteiger partial charge on any atom is -0.444 e. The first-order valence-corrected chi connectivity index (χ1v) is 17.8. The molecule has 3 aromatic rings. The van der Waals surface area contributed by atoms with Gasteiger partial charge in [-0.25, -0.2) is 9.59 Å². The van der Waals surface area contributed by atoms with E-state index in [1.807, 2.05) is 31.2 Å². The van der Waals surface area contributed by atoms with Gasteiger partial charge in [0.05, 0.1) is 48.6 Å². The van der Waals surface area contributed by atoms with Crippen LogP contribution >= 0.6 is 0 Å². The van der Waals surface area contributed by atoms with E-state index in [4.69, 9.17) is 24.7 Å². The van der Waals surface area contributed by atoms with Crippen LogP contribution in [-0.2, 0) is 47.0 Å². The maximum absolute atomic E-state index is 13.2. The van der Waals surface area contributed by atoms with Gasteiger partial charge in [0.25, 0.3) is 5.91 Å². The highest BCUT2D eigenvalue weighted by Crippen LogP contribution is 2.27. The molecule has 0 spiro atoms. The lowest BCUT2D eigenvalue weighted by Gasteiger charge is -2.28. The third-order valence-corrected chi connectivity index (χ3v) is 8.65. The molecule has 1 aliphatic heterocycles. The van der Waals surface area contributed by atoms with E-state index in [-0.39, 0.29) is 44.1 Å². The molecule has 54 heavy (non-hydrogen) atoms. The van der Waals surface area contributed by atoms with E-state index in [1.54, 1.807) is 46.0 Å². The average Bonchev–Trinajstić information content (AvgIpc) is 3.37. The maximum Gasteiger partial charge on any atom is 0.407 e. The number of nitrogens with zero attached hydrogens (tertiary/aromatic N) is 3. The van der Waals surface area contributed by atoms with Crippen LogP contribution in [0.1, 0.15) is 76.1 Å². The summed E-state index contributed by atoms with van der Waals surface area (Å²) in [5.41, 5.74) is 7.86. The number of nitrogens with one attached hydrogen (secondary N) is 1. The van der Waals surface area contributed by atoms with Crippen molar-refractivity contribution in [1.82, 2.24) is 19.4 Å². The predicted molar refractivity (Wildman–Crippen MR) is 201 cm³/mol. The molecule has 14 heteroatoms. The minimum absolute atomic E-state index is 0.101. The Kier molecular flexibility index (Phi) is 14.6. The van der Waals surface area contributed by atoms with Crippen molar-refractivity contribution in [3.8, 4) is 23.7 Å². The van der Waals surface area contributed by atoms with Crippen molar-refractivity contribution in [2.45, 2.75) is 83.8 Å². The number of primary amides is 1. The van der Waals surface area contributed by atoms with Crippen LogP contribution in [0, 0.1) is 23.7 Å². The van der Waals surface area contributed by atoms with Gasteiger partial charge in [-0.3, -0.25) is 28.4 Å². The Balaban J connectivity index is 1.19. The molecule has 0 aliphatic carbocycles. The number of alkyl carbamates (subject to hydrolysis) is 1. The summed E-state index contributed by atoms with van der Waals surface area (Å²) >= 11 is 0. The Bertz CT molecular complexity index is 2000. The minimum atomic E-state index is -0.750. The van der Waals surface area contributed by atoms with Crippen molar-refractivity contribution in [3.63, 3.8) is 0 Å². The summed E-state index contributed by atoms with van der Waals surface area (Å²) in [6.07, 6.45) is -0.115. The Hall–Kier alpha value is -5.41. The summed E-state index contributed by atoms with van der Waals surface area (Å²) in [7, 11) is 3.08. The summed E-state index contributed by atoms with van der Waals surface area (Å²) in [4.78, 5) is 62.7. The molecule has 4 rings (SSSR count). The highest BCUT2D eigenvalue weighted by molar-refractivity contribution is 6.00. The van der Waals surface area contributed by atoms with Crippen LogP contribution in [0.4, 0.5) is 4.79 Å². The first-order valence-electron chi connectivity index (χ1n) is 17.8. The van der Waals surface area contributed by atoms with Gasteiger partial charge < -0.3 is 30.0 Å². The summed E-state index contributed by atoms with van der Waals surface area (Å²) < 4.78 is 25.4. The van der Waals surface area contributed by atoms with Crippen LogP contribution in [0.25, 0.3) is 11.0 Å². The van der Waals surface area contributed by atoms with Gasteiger partial charge in [-0.2, -0.15) is 0 Å². The quantitative estimate of drug-likeness (QED) is 0.143.